The van der Waals surface area contributed by atoms with Gasteiger partial charge in [-0.1, -0.05) is 13.8 Å². The number of nitrogens with zero attached hydrogens (tertiary/aromatic N) is 3. The van der Waals surface area contributed by atoms with Crippen molar-refractivity contribution in [1.82, 2.24) is 19.1 Å². The zero-order chi connectivity index (χ0) is 13.6. The first kappa shape index (κ1) is 12.3. The molecule has 2 aromatic rings. The van der Waals surface area contributed by atoms with Crippen LogP contribution in [0.25, 0.3) is 11.2 Å². The second-order valence-electron chi connectivity index (χ2n) is 4.51. The highest BCUT2D eigenvalue weighted by atomic mass is 16.2. The molecule has 0 atom stereocenters. The summed E-state index contributed by atoms with van der Waals surface area (Å²) in [5.41, 5.74) is -0.840. The van der Waals surface area contributed by atoms with Crippen molar-refractivity contribution in [3.8, 4) is 0 Å². The highest BCUT2D eigenvalue weighted by molar-refractivity contribution is 5.68. The van der Waals surface area contributed by atoms with Crippen LogP contribution < -0.4 is 16.8 Å². The Morgan fingerprint density at radius 1 is 1.11 bits per heavy atom. The van der Waals surface area contributed by atoms with E-state index in [9.17, 15) is 14.4 Å². The van der Waals surface area contributed by atoms with Crippen LogP contribution in [0.1, 0.15) is 25.5 Å². The Kier molecular flexibility index (Phi) is 2.68. The van der Waals surface area contributed by atoms with Gasteiger partial charge in [-0.3, -0.25) is 18.7 Å². The largest absolute Gasteiger partial charge is 0.332 e. The zero-order valence-electron chi connectivity index (χ0n) is 10.6. The maximum atomic E-state index is 12.0. The minimum Gasteiger partial charge on any atom is -0.305 e. The lowest BCUT2D eigenvalue weighted by Crippen LogP contribution is -2.39. The average Bonchev–Trinajstić information content (AvgIpc) is 2.33. The lowest BCUT2D eigenvalue weighted by atomic mass is 10.1. The molecule has 0 fully saturated rings. The second-order valence-corrected chi connectivity index (χ2v) is 4.51. The molecule has 0 aromatic carbocycles. The fourth-order valence-corrected chi connectivity index (χ4v) is 1.80. The molecule has 0 saturated carbocycles. The Balaban J connectivity index is 3.09. The molecule has 0 amide bonds. The Labute approximate surface area is 102 Å². The third kappa shape index (κ3) is 1.59. The molecule has 7 heteroatoms. The molecule has 2 rings (SSSR count). The van der Waals surface area contributed by atoms with E-state index in [0.29, 0.717) is 5.69 Å². The molecule has 0 spiro atoms. The molecule has 0 aliphatic heterocycles. The predicted octanol–water partition coefficient (Wildman–Crippen LogP) is -0.556. The third-order valence-electron chi connectivity index (χ3n) is 2.88. The molecule has 2 heterocycles. The third-order valence-corrected chi connectivity index (χ3v) is 2.88. The molecular weight excluding hydrogens is 236 g/mol. The lowest BCUT2D eigenvalue weighted by molar-refractivity contribution is 0.697. The number of fused-ring (bicyclic) bond motifs is 1. The summed E-state index contributed by atoms with van der Waals surface area (Å²) in [6.07, 6.45) is 0. The van der Waals surface area contributed by atoms with Crippen LogP contribution in [0.2, 0.25) is 0 Å². The van der Waals surface area contributed by atoms with E-state index < -0.39 is 11.2 Å². The SMILES string of the molecule is CC(C)c1nc2c(=O)n(C)c(=O)n(C)c2[nH]c1=O. The summed E-state index contributed by atoms with van der Waals surface area (Å²) in [6.45, 7) is 3.63. The van der Waals surface area contributed by atoms with Gasteiger partial charge in [-0.05, 0) is 0 Å². The summed E-state index contributed by atoms with van der Waals surface area (Å²) in [6, 6.07) is 0. The van der Waals surface area contributed by atoms with Crippen LogP contribution in [0.5, 0.6) is 0 Å². The van der Waals surface area contributed by atoms with Gasteiger partial charge in [0.05, 0.1) is 0 Å². The maximum Gasteiger partial charge on any atom is 0.332 e. The molecule has 0 aliphatic rings. The van der Waals surface area contributed by atoms with E-state index in [1.165, 1.54) is 18.7 Å². The van der Waals surface area contributed by atoms with Crippen LogP contribution in [-0.2, 0) is 14.1 Å². The monoisotopic (exact) mass is 250 g/mol. The summed E-state index contributed by atoms with van der Waals surface area (Å²) < 4.78 is 2.17. The van der Waals surface area contributed by atoms with E-state index >= 15 is 0 Å². The standard InChI is InChI=1S/C11H14N4O3/c1-5(2)6-9(16)13-8-7(12-6)10(17)15(4)11(18)14(8)3/h5H,1-4H3,(H,13,16). The number of aromatic nitrogens is 4. The minimum atomic E-state index is -0.508. The summed E-state index contributed by atoms with van der Waals surface area (Å²) in [7, 11) is 2.86. The number of aryl methyl sites for hydroxylation is 1. The molecule has 0 radical (unpaired) electrons. The highest BCUT2D eigenvalue weighted by Gasteiger charge is 2.14. The molecule has 7 nitrogen and oxygen atoms in total. The van der Waals surface area contributed by atoms with Crippen molar-refractivity contribution in [2.75, 3.05) is 0 Å². The van der Waals surface area contributed by atoms with Crippen LogP contribution in [0.3, 0.4) is 0 Å². The van der Waals surface area contributed by atoms with Crippen molar-refractivity contribution in [2.24, 2.45) is 14.1 Å². The molecular formula is C11H14N4O3. The zero-order valence-corrected chi connectivity index (χ0v) is 10.6. The maximum absolute atomic E-state index is 12.0. The van der Waals surface area contributed by atoms with Crippen LogP contribution in [-0.4, -0.2) is 19.1 Å². The van der Waals surface area contributed by atoms with Crippen LogP contribution in [0.15, 0.2) is 14.4 Å². The molecule has 0 unspecified atom stereocenters. The second kappa shape index (κ2) is 3.94. The number of hydrogen-bond donors (Lipinski definition) is 1. The van der Waals surface area contributed by atoms with E-state index in [0.717, 1.165) is 4.57 Å². The summed E-state index contributed by atoms with van der Waals surface area (Å²) in [4.78, 5) is 42.1. The molecule has 1 N–H and O–H groups in total. The van der Waals surface area contributed by atoms with E-state index in [4.69, 9.17) is 0 Å². The van der Waals surface area contributed by atoms with Gasteiger partial charge in [0.1, 0.15) is 11.3 Å². The van der Waals surface area contributed by atoms with E-state index in [1.54, 1.807) is 0 Å². The Morgan fingerprint density at radius 3 is 2.28 bits per heavy atom. The minimum absolute atomic E-state index is 0.0971. The van der Waals surface area contributed by atoms with Crippen molar-refractivity contribution >= 4 is 11.2 Å². The topological polar surface area (TPSA) is 89.8 Å². The van der Waals surface area contributed by atoms with Gasteiger partial charge >= 0.3 is 5.69 Å². The first-order chi connectivity index (χ1) is 8.34. The van der Waals surface area contributed by atoms with Crippen LogP contribution >= 0.6 is 0 Å². The summed E-state index contributed by atoms with van der Waals surface area (Å²) in [5, 5.41) is 0. The molecule has 18 heavy (non-hydrogen) atoms. The van der Waals surface area contributed by atoms with Gasteiger partial charge in [0, 0.05) is 20.0 Å². The number of aromatic amines is 1. The van der Waals surface area contributed by atoms with Crippen LogP contribution in [0.4, 0.5) is 0 Å². The number of H-pyrrole nitrogens is 1. The molecule has 0 bridgehead atoms. The lowest BCUT2D eigenvalue weighted by Gasteiger charge is -2.08. The van der Waals surface area contributed by atoms with Crippen molar-refractivity contribution in [3.05, 3.63) is 36.9 Å². The average molecular weight is 250 g/mol. The Hall–Kier alpha value is -2.18. The quantitative estimate of drug-likeness (QED) is 0.735. The molecule has 0 aliphatic carbocycles. The van der Waals surface area contributed by atoms with Gasteiger partial charge in [0.15, 0.2) is 5.52 Å². The first-order valence-corrected chi connectivity index (χ1v) is 5.54. The fraction of sp³-hybridized carbons (Fsp3) is 0.455. The van der Waals surface area contributed by atoms with E-state index in [2.05, 4.69) is 9.97 Å². The van der Waals surface area contributed by atoms with Crippen molar-refractivity contribution in [2.45, 2.75) is 19.8 Å². The van der Waals surface area contributed by atoms with Gasteiger partial charge in [-0.2, -0.15) is 0 Å². The molecule has 2 aromatic heterocycles. The van der Waals surface area contributed by atoms with Gasteiger partial charge < -0.3 is 4.98 Å². The number of rotatable bonds is 1. The summed E-state index contributed by atoms with van der Waals surface area (Å²) >= 11 is 0. The molecule has 0 saturated heterocycles. The number of hydrogen-bond acceptors (Lipinski definition) is 4. The van der Waals surface area contributed by atoms with E-state index in [-0.39, 0.29) is 22.6 Å². The first-order valence-electron chi connectivity index (χ1n) is 5.54. The predicted molar refractivity (Wildman–Crippen MR) is 66.9 cm³/mol. The van der Waals surface area contributed by atoms with Gasteiger partial charge in [0.25, 0.3) is 11.1 Å². The highest BCUT2D eigenvalue weighted by Crippen LogP contribution is 2.07. The van der Waals surface area contributed by atoms with Gasteiger partial charge in [-0.25, -0.2) is 9.78 Å². The van der Waals surface area contributed by atoms with Crippen molar-refractivity contribution in [3.63, 3.8) is 0 Å². The normalized spacial score (nSPS) is 11.4. The van der Waals surface area contributed by atoms with Gasteiger partial charge in [0.2, 0.25) is 0 Å². The Morgan fingerprint density at radius 2 is 1.72 bits per heavy atom. The fourth-order valence-electron chi connectivity index (χ4n) is 1.80. The smallest absolute Gasteiger partial charge is 0.305 e. The number of nitrogens with one attached hydrogen (secondary N) is 1. The Bertz CT molecular complexity index is 795. The molecule has 96 valence electrons. The van der Waals surface area contributed by atoms with Crippen molar-refractivity contribution < 1.29 is 0 Å². The van der Waals surface area contributed by atoms with Gasteiger partial charge in [-0.15, -0.1) is 0 Å². The van der Waals surface area contributed by atoms with E-state index in [1.807, 2.05) is 13.8 Å². The van der Waals surface area contributed by atoms with Crippen molar-refractivity contribution in [1.29, 1.82) is 0 Å². The van der Waals surface area contributed by atoms with Crippen LogP contribution in [0, 0.1) is 0 Å². The summed E-state index contributed by atoms with van der Waals surface area (Å²) in [5.74, 6) is -0.0971.